The van der Waals surface area contributed by atoms with Gasteiger partial charge in [-0.15, -0.1) is 0 Å². The summed E-state index contributed by atoms with van der Waals surface area (Å²) in [5.41, 5.74) is 2.05. The third-order valence-corrected chi connectivity index (χ3v) is 3.15. The first-order chi connectivity index (χ1) is 8.83. The van der Waals surface area contributed by atoms with Gasteiger partial charge in [0.15, 0.2) is 11.5 Å². The van der Waals surface area contributed by atoms with Crippen LogP contribution in [0.25, 0.3) is 0 Å². The molecule has 1 aliphatic heterocycles. The molecule has 0 atom stereocenters. The van der Waals surface area contributed by atoms with Gasteiger partial charge in [-0.3, -0.25) is 0 Å². The molecule has 0 spiro atoms. The second-order valence-electron chi connectivity index (χ2n) is 4.02. The van der Waals surface area contributed by atoms with Gasteiger partial charge in [-0.1, -0.05) is 29.8 Å². The molecule has 0 aromatic heterocycles. The molecule has 0 radical (unpaired) electrons. The number of hydrogen-bond donors (Lipinski definition) is 1. The SMILES string of the molecule is Clc1cc2c(cc1CNc1ccccc1)OCO2. The zero-order valence-corrected chi connectivity index (χ0v) is 10.4. The van der Waals surface area contributed by atoms with Crippen LogP contribution in [0.2, 0.25) is 5.02 Å². The fourth-order valence-corrected chi connectivity index (χ4v) is 2.07. The molecule has 0 unspecified atom stereocenters. The molecule has 0 aliphatic carbocycles. The van der Waals surface area contributed by atoms with Gasteiger partial charge in [-0.25, -0.2) is 0 Å². The van der Waals surface area contributed by atoms with Crippen LogP contribution in [0.4, 0.5) is 5.69 Å². The molecule has 0 saturated heterocycles. The molecule has 1 heterocycles. The molecule has 2 aromatic carbocycles. The monoisotopic (exact) mass is 261 g/mol. The Bertz CT molecular complexity index is 557. The van der Waals surface area contributed by atoms with E-state index in [1.54, 1.807) is 6.07 Å². The molecule has 92 valence electrons. The van der Waals surface area contributed by atoms with Crippen molar-refractivity contribution in [2.24, 2.45) is 0 Å². The predicted octanol–water partition coefficient (Wildman–Crippen LogP) is 3.68. The minimum atomic E-state index is 0.265. The number of para-hydroxylation sites is 1. The molecule has 0 bridgehead atoms. The second-order valence-corrected chi connectivity index (χ2v) is 4.42. The number of ether oxygens (including phenoxy) is 2. The van der Waals surface area contributed by atoms with Crippen LogP contribution in [0.1, 0.15) is 5.56 Å². The lowest BCUT2D eigenvalue weighted by atomic mass is 10.2. The van der Waals surface area contributed by atoms with Crippen LogP contribution in [0.15, 0.2) is 42.5 Å². The Morgan fingerprint density at radius 3 is 2.56 bits per heavy atom. The van der Waals surface area contributed by atoms with Gasteiger partial charge in [-0.05, 0) is 23.8 Å². The molecular formula is C14H12ClNO2. The van der Waals surface area contributed by atoms with Crippen LogP contribution in [-0.2, 0) is 6.54 Å². The average Bonchev–Trinajstić information content (AvgIpc) is 2.84. The summed E-state index contributed by atoms with van der Waals surface area (Å²) in [6, 6.07) is 13.7. The van der Waals surface area contributed by atoms with Gasteiger partial charge in [0.05, 0.1) is 0 Å². The number of nitrogens with one attached hydrogen (secondary N) is 1. The summed E-state index contributed by atoms with van der Waals surface area (Å²) >= 11 is 6.20. The van der Waals surface area contributed by atoms with Crippen molar-refractivity contribution in [1.82, 2.24) is 0 Å². The van der Waals surface area contributed by atoms with Crippen molar-refractivity contribution < 1.29 is 9.47 Å². The minimum absolute atomic E-state index is 0.265. The van der Waals surface area contributed by atoms with Gasteiger partial charge in [0.2, 0.25) is 6.79 Å². The van der Waals surface area contributed by atoms with Crippen LogP contribution >= 0.6 is 11.6 Å². The Hall–Kier alpha value is -1.87. The minimum Gasteiger partial charge on any atom is -0.454 e. The van der Waals surface area contributed by atoms with Crippen molar-refractivity contribution >= 4 is 17.3 Å². The number of fused-ring (bicyclic) bond motifs is 1. The van der Waals surface area contributed by atoms with E-state index < -0.39 is 0 Å². The Kier molecular flexibility index (Phi) is 2.99. The van der Waals surface area contributed by atoms with E-state index in [1.807, 2.05) is 36.4 Å². The van der Waals surface area contributed by atoms with Gasteiger partial charge >= 0.3 is 0 Å². The average molecular weight is 262 g/mol. The Morgan fingerprint density at radius 2 is 1.78 bits per heavy atom. The van der Waals surface area contributed by atoms with Crippen molar-refractivity contribution in [2.75, 3.05) is 12.1 Å². The summed E-state index contributed by atoms with van der Waals surface area (Å²) < 4.78 is 10.6. The third-order valence-electron chi connectivity index (χ3n) is 2.80. The topological polar surface area (TPSA) is 30.5 Å². The molecule has 3 rings (SSSR count). The van der Waals surface area contributed by atoms with Crippen LogP contribution in [0.5, 0.6) is 11.5 Å². The Morgan fingerprint density at radius 1 is 1.06 bits per heavy atom. The summed E-state index contributed by atoms with van der Waals surface area (Å²) in [7, 11) is 0. The lowest BCUT2D eigenvalue weighted by Gasteiger charge is -2.09. The van der Waals surface area contributed by atoms with E-state index in [0.29, 0.717) is 17.3 Å². The summed E-state index contributed by atoms with van der Waals surface area (Å²) in [6.07, 6.45) is 0. The Balaban J connectivity index is 1.77. The zero-order chi connectivity index (χ0) is 12.4. The highest BCUT2D eigenvalue weighted by Crippen LogP contribution is 2.36. The predicted molar refractivity (Wildman–Crippen MR) is 71.3 cm³/mol. The van der Waals surface area contributed by atoms with Crippen molar-refractivity contribution in [3.05, 3.63) is 53.1 Å². The van der Waals surface area contributed by atoms with Crippen LogP contribution in [-0.4, -0.2) is 6.79 Å². The summed E-state index contributed by atoms with van der Waals surface area (Å²) in [4.78, 5) is 0. The highest BCUT2D eigenvalue weighted by Gasteiger charge is 2.16. The van der Waals surface area contributed by atoms with E-state index in [-0.39, 0.29) is 6.79 Å². The van der Waals surface area contributed by atoms with Crippen molar-refractivity contribution in [3.63, 3.8) is 0 Å². The van der Waals surface area contributed by atoms with Gasteiger partial charge < -0.3 is 14.8 Å². The first kappa shape index (κ1) is 11.2. The van der Waals surface area contributed by atoms with E-state index in [4.69, 9.17) is 21.1 Å². The number of rotatable bonds is 3. The fourth-order valence-electron chi connectivity index (χ4n) is 1.85. The van der Waals surface area contributed by atoms with E-state index in [1.165, 1.54) is 0 Å². The van der Waals surface area contributed by atoms with Crippen molar-refractivity contribution in [1.29, 1.82) is 0 Å². The maximum absolute atomic E-state index is 6.20. The van der Waals surface area contributed by atoms with Crippen LogP contribution < -0.4 is 14.8 Å². The highest BCUT2D eigenvalue weighted by molar-refractivity contribution is 6.31. The maximum Gasteiger partial charge on any atom is 0.231 e. The molecule has 3 nitrogen and oxygen atoms in total. The lowest BCUT2D eigenvalue weighted by Crippen LogP contribution is -1.99. The van der Waals surface area contributed by atoms with Crippen molar-refractivity contribution in [3.8, 4) is 11.5 Å². The number of benzene rings is 2. The Labute approximate surface area is 110 Å². The van der Waals surface area contributed by atoms with Crippen LogP contribution in [0, 0.1) is 0 Å². The molecule has 2 aromatic rings. The standard InChI is InChI=1S/C14H12ClNO2/c15-12-7-14-13(17-9-18-14)6-10(12)8-16-11-4-2-1-3-5-11/h1-7,16H,8-9H2. The van der Waals surface area contributed by atoms with Crippen LogP contribution in [0.3, 0.4) is 0 Å². The molecule has 0 amide bonds. The zero-order valence-electron chi connectivity index (χ0n) is 9.65. The van der Waals surface area contributed by atoms with E-state index in [0.717, 1.165) is 17.0 Å². The number of hydrogen-bond acceptors (Lipinski definition) is 3. The van der Waals surface area contributed by atoms with Crippen molar-refractivity contribution in [2.45, 2.75) is 6.54 Å². The van der Waals surface area contributed by atoms with E-state index in [9.17, 15) is 0 Å². The van der Waals surface area contributed by atoms with Gasteiger partial charge in [0.1, 0.15) is 0 Å². The second kappa shape index (κ2) is 4.78. The lowest BCUT2D eigenvalue weighted by molar-refractivity contribution is 0.174. The van der Waals surface area contributed by atoms with Gasteiger partial charge in [0, 0.05) is 23.3 Å². The largest absolute Gasteiger partial charge is 0.454 e. The molecule has 1 aliphatic rings. The first-order valence-corrected chi connectivity index (χ1v) is 6.08. The summed E-state index contributed by atoms with van der Waals surface area (Å²) in [5.74, 6) is 1.47. The summed E-state index contributed by atoms with van der Waals surface area (Å²) in [6.45, 7) is 0.917. The fraction of sp³-hybridized carbons (Fsp3) is 0.143. The molecular weight excluding hydrogens is 250 g/mol. The van der Waals surface area contributed by atoms with Gasteiger partial charge in [-0.2, -0.15) is 0 Å². The summed E-state index contributed by atoms with van der Waals surface area (Å²) in [5, 5.41) is 4.00. The quantitative estimate of drug-likeness (QED) is 0.914. The molecule has 18 heavy (non-hydrogen) atoms. The van der Waals surface area contributed by atoms with E-state index >= 15 is 0 Å². The number of anilines is 1. The molecule has 0 fully saturated rings. The smallest absolute Gasteiger partial charge is 0.231 e. The normalized spacial score (nSPS) is 12.5. The molecule has 1 N–H and O–H groups in total. The number of halogens is 1. The van der Waals surface area contributed by atoms with E-state index in [2.05, 4.69) is 5.32 Å². The highest BCUT2D eigenvalue weighted by atomic mass is 35.5. The third kappa shape index (κ3) is 2.22. The molecule has 0 saturated carbocycles. The molecule has 4 heteroatoms. The maximum atomic E-state index is 6.20. The van der Waals surface area contributed by atoms with Gasteiger partial charge in [0.25, 0.3) is 0 Å². The first-order valence-electron chi connectivity index (χ1n) is 5.70.